The molecule has 0 unspecified atom stereocenters. The maximum atomic E-state index is 13.9. The van der Waals surface area contributed by atoms with Gasteiger partial charge in [-0.25, -0.2) is 19.3 Å². The predicted octanol–water partition coefficient (Wildman–Crippen LogP) is 4.37. The van der Waals surface area contributed by atoms with Gasteiger partial charge >= 0.3 is 0 Å². The van der Waals surface area contributed by atoms with E-state index < -0.39 is 5.82 Å². The van der Waals surface area contributed by atoms with Gasteiger partial charge in [-0.05, 0) is 60.1 Å². The topological polar surface area (TPSA) is 68.2 Å². The predicted molar refractivity (Wildman–Crippen MR) is 111 cm³/mol. The number of pyridine rings is 1. The summed E-state index contributed by atoms with van der Waals surface area (Å²) in [6.07, 6.45) is 4.76. The van der Waals surface area contributed by atoms with Gasteiger partial charge in [0.15, 0.2) is 5.82 Å². The fraction of sp³-hybridized carbons (Fsp3) is 0.238. The van der Waals surface area contributed by atoms with Gasteiger partial charge in [-0.1, -0.05) is 0 Å². The molecule has 0 N–H and O–H groups in total. The van der Waals surface area contributed by atoms with E-state index in [0.29, 0.717) is 29.4 Å². The molecule has 1 atom stereocenters. The number of hydrogen-bond donors (Lipinski definition) is 0. The van der Waals surface area contributed by atoms with Crippen LogP contribution in [-0.2, 0) is 0 Å². The number of likely N-dealkylation sites (N-methyl/N-ethyl adjacent to an activating group) is 1. The molecule has 3 rings (SSSR count). The molecule has 29 heavy (non-hydrogen) atoms. The molecule has 0 saturated heterocycles. The number of amides is 1. The van der Waals surface area contributed by atoms with Gasteiger partial charge in [0.2, 0.25) is 5.88 Å². The molecule has 150 valence electrons. The van der Waals surface area contributed by atoms with E-state index in [1.807, 2.05) is 19.9 Å². The van der Waals surface area contributed by atoms with Crippen LogP contribution in [0, 0.1) is 5.82 Å². The van der Waals surface area contributed by atoms with Gasteiger partial charge in [0, 0.05) is 41.2 Å². The lowest BCUT2D eigenvalue weighted by Crippen LogP contribution is -2.42. The molecule has 0 bridgehead atoms. The van der Waals surface area contributed by atoms with Crippen LogP contribution in [0.25, 0.3) is 11.4 Å². The summed E-state index contributed by atoms with van der Waals surface area (Å²) in [6.45, 7) is 4.51. The van der Waals surface area contributed by atoms with Gasteiger partial charge in [-0.15, -0.1) is 0 Å². The van der Waals surface area contributed by atoms with Gasteiger partial charge < -0.3 is 9.64 Å². The van der Waals surface area contributed by atoms with E-state index in [9.17, 15) is 9.18 Å². The number of nitrogens with zero attached hydrogens (tertiary/aromatic N) is 4. The fourth-order valence-corrected chi connectivity index (χ4v) is 3.11. The van der Waals surface area contributed by atoms with Crippen molar-refractivity contribution in [3.05, 3.63) is 70.8 Å². The van der Waals surface area contributed by atoms with Crippen LogP contribution in [0.3, 0.4) is 0 Å². The molecule has 8 heteroatoms. The van der Waals surface area contributed by atoms with Crippen LogP contribution in [0.5, 0.6) is 5.88 Å². The average molecular weight is 459 g/mol. The third-order valence-corrected chi connectivity index (χ3v) is 4.79. The van der Waals surface area contributed by atoms with Crippen LogP contribution < -0.4 is 4.74 Å². The van der Waals surface area contributed by atoms with Crippen LogP contribution in [0.15, 0.2) is 59.5 Å². The molecule has 0 aliphatic heterocycles. The van der Waals surface area contributed by atoms with E-state index >= 15 is 0 Å². The summed E-state index contributed by atoms with van der Waals surface area (Å²) in [7, 11) is 0. The minimum absolute atomic E-state index is 0.229. The summed E-state index contributed by atoms with van der Waals surface area (Å²) in [5, 5.41) is 0. The van der Waals surface area contributed by atoms with E-state index in [1.165, 1.54) is 18.2 Å². The summed E-state index contributed by atoms with van der Waals surface area (Å²) < 4.78 is 20.4. The Bertz CT molecular complexity index is 970. The van der Waals surface area contributed by atoms with Gasteiger partial charge in [-0.3, -0.25) is 4.79 Å². The van der Waals surface area contributed by atoms with Gasteiger partial charge in [0.1, 0.15) is 12.4 Å². The average Bonchev–Trinajstić information content (AvgIpc) is 2.74. The maximum Gasteiger partial charge on any atom is 0.254 e. The summed E-state index contributed by atoms with van der Waals surface area (Å²) in [5.74, 6) is 0.0811. The zero-order valence-corrected chi connectivity index (χ0v) is 17.6. The number of ether oxygens (including phenoxy) is 1. The highest BCUT2D eigenvalue weighted by atomic mass is 79.9. The second kappa shape index (κ2) is 9.56. The maximum absolute atomic E-state index is 13.9. The lowest BCUT2D eigenvalue weighted by atomic mass is 10.0. The lowest BCUT2D eigenvalue weighted by molar-refractivity contribution is 0.0647. The SMILES string of the molecule is CCN(C(=O)c1ccc(F)cc1-c1ncccn1)[C@@H](C)COc1ccc(Br)cn1. The Balaban J connectivity index is 1.81. The minimum Gasteiger partial charge on any atom is -0.475 e. The Morgan fingerprint density at radius 1 is 1.21 bits per heavy atom. The smallest absolute Gasteiger partial charge is 0.254 e. The summed E-state index contributed by atoms with van der Waals surface area (Å²) in [6, 6.07) is 9.03. The number of carbonyl (C=O) groups is 1. The van der Waals surface area contributed by atoms with Gasteiger partial charge in [0.05, 0.1) is 11.6 Å². The zero-order chi connectivity index (χ0) is 20.8. The lowest BCUT2D eigenvalue weighted by Gasteiger charge is -2.28. The van der Waals surface area contributed by atoms with Crippen molar-refractivity contribution in [2.75, 3.05) is 13.2 Å². The molecular formula is C21H20BrFN4O2. The highest BCUT2D eigenvalue weighted by Gasteiger charge is 2.24. The first kappa shape index (κ1) is 20.9. The normalized spacial score (nSPS) is 11.7. The van der Waals surface area contributed by atoms with Gasteiger partial charge in [0.25, 0.3) is 5.91 Å². The van der Waals surface area contributed by atoms with Crippen molar-refractivity contribution < 1.29 is 13.9 Å². The Hall–Kier alpha value is -2.87. The van der Waals surface area contributed by atoms with Crippen LogP contribution >= 0.6 is 15.9 Å². The molecule has 0 aliphatic carbocycles. The number of carbonyl (C=O) groups excluding carboxylic acids is 1. The largest absolute Gasteiger partial charge is 0.475 e. The van der Waals surface area contributed by atoms with Crippen molar-refractivity contribution in [1.82, 2.24) is 19.9 Å². The molecule has 3 aromatic rings. The van der Waals surface area contributed by atoms with Crippen LogP contribution in [0.1, 0.15) is 24.2 Å². The summed E-state index contributed by atoms with van der Waals surface area (Å²) >= 11 is 3.33. The van der Waals surface area contributed by atoms with Crippen molar-refractivity contribution in [3.63, 3.8) is 0 Å². The Labute approximate surface area is 176 Å². The molecule has 1 aromatic carbocycles. The highest BCUT2D eigenvalue weighted by Crippen LogP contribution is 2.23. The molecule has 1 amide bonds. The van der Waals surface area contributed by atoms with Crippen LogP contribution in [-0.4, -0.2) is 45.0 Å². The van der Waals surface area contributed by atoms with Crippen molar-refractivity contribution in [1.29, 1.82) is 0 Å². The van der Waals surface area contributed by atoms with E-state index in [1.54, 1.807) is 35.6 Å². The molecule has 0 saturated carbocycles. The summed E-state index contributed by atoms with van der Waals surface area (Å²) in [4.78, 5) is 27.4. The Kier molecular flexibility index (Phi) is 6.87. The molecule has 0 aliphatic rings. The van der Waals surface area contributed by atoms with Crippen molar-refractivity contribution in [2.45, 2.75) is 19.9 Å². The van der Waals surface area contributed by atoms with Crippen LogP contribution in [0.4, 0.5) is 4.39 Å². The second-order valence-electron chi connectivity index (χ2n) is 6.33. The fourth-order valence-electron chi connectivity index (χ4n) is 2.88. The number of aromatic nitrogens is 3. The van der Waals surface area contributed by atoms with Crippen molar-refractivity contribution in [2.24, 2.45) is 0 Å². The second-order valence-corrected chi connectivity index (χ2v) is 7.24. The number of hydrogen-bond acceptors (Lipinski definition) is 5. The highest BCUT2D eigenvalue weighted by molar-refractivity contribution is 9.10. The first-order valence-electron chi connectivity index (χ1n) is 9.12. The van der Waals surface area contributed by atoms with Gasteiger partial charge in [-0.2, -0.15) is 0 Å². The monoisotopic (exact) mass is 458 g/mol. The number of halogens is 2. The first-order chi connectivity index (χ1) is 14.0. The third-order valence-electron chi connectivity index (χ3n) is 4.32. The van der Waals surface area contributed by atoms with E-state index in [-0.39, 0.29) is 18.6 Å². The zero-order valence-electron chi connectivity index (χ0n) is 16.0. The van der Waals surface area contributed by atoms with E-state index in [2.05, 4.69) is 30.9 Å². The third kappa shape index (κ3) is 5.14. The molecular weight excluding hydrogens is 439 g/mol. The standard InChI is InChI=1S/C21H20BrFN4O2/c1-3-27(14(2)13-29-19-8-5-15(22)12-26-19)21(28)17-7-6-16(23)11-18(17)20-24-9-4-10-25-20/h4-12,14H,3,13H2,1-2H3/t14-/m0/s1. The molecule has 2 heterocycles. The number of rotatable bonds is 7. The Morgan fingerprint density at radius 3 is 2.62 bits per heavy atom. The number of benzene rings is 1. The summed E-state index contributed by atoms with van der Waals surface area (Å²) in [5.41, 5.74) is 0.699. The van der Waals surface area contributed by atoms with Crippen molar-refractivity contribution >= 4 is 21.8 Å². The molecule has 0 radical (unpaired) electrons. The molecule has 0 spiro atoms. The molecule has 6 nitrogen and oxygen atoms in total. The Morgan fingerprint density at radius 2 is 1.97 bits per heavy atom. The van der Waals surface area contributed by atoms with Crippen molar-refractivity contribution in [3.8, 4) is 17.3 Å². The minimum atomic E-state index is -0.454. The first-order valence-corrected chi connectivity index (χ1v) is 9.91. The van der Waals surface area contributed by atoms with E-state index in [4.69, 9.17) is 4.74 Å². The molecule has 0 fully saturated rings. The quantitative estimate of drug-likeness (QED) is 0.525. The van der Waals surface area contributed by atoms with Crippen LogP contribution in [0.2, 0.25) is 0 Å². The molecule has 2 aromatic heterocycles. The van der Waals surface area contributed by atoms with E-state index in [0.717, 1.165) is 4.47 Å².